The molecule has 0 saturated carbocycles. The van der Waals surface area contributed by atoms with Gasteiger partial charge in [-0.2, -0.15) is 11.8 Å². The second-order valence-corrected chi connectivity index (χ2v) is 4.83. The Bertz CT molecular complexity index is 388. The summed E-state index contributed by atoms with van der Waals surface area (Å²) in [6, 6.07) is -1.51. The van der Waals surface area contributed by atoms with Crippen LogP contribution in [0.5, 0.6) is 0 Å². The topological polar surface area (TPSA) is 86.8 Å². The van der Waals surface area contributed by atoms with Gasteiger partial charge in [0.1, 0.15) is 6.04 Å². The summed E-state index contributed by atoms with van der Waals surface area (Å²) in [5.74, 6) is -1.19. The Morgan fingerprint density at radius 2 is 2.11 bits per heavy atom. The van der Waals surface area contributed by atoms with Gasteiger partial charge in [0.25, 0.3) is 0 Å². The summed E-state index contributed by atoms with van der Waals surface area (Å²) >= 11 is 1.37. The van der Waals surface area contributed by atoms with E-state index < -0.39 is 23.9 Å². The van der Waals surface area contributed by atoms with Gasteiger partial charge in [0, 0.05) is 25.4 Å². The third-order valence-corrected chi connectivity index (χ3v) is 3.38. The molecule has 1 aliphatic rings. The van der Waals surface area contributed by atoms with Gasteiger partial charge in [-0.05, 0) is 13.2 Å². The lowest BCUT2D eigenvalue weighted by atomic mass is 10.3. The fourth-order valence-corrected chi connectivity index (χ4v) is 2.15. The molecule has 1 aliphatic heterocycles. The summed E-state index contributed by atoms with van der Waals surface area (Å²) in [5.41, 5.74) is 0. The average Bonchev–Trinajstić information content (AvgIpc) is 2.41. The van der Waals surface area contributed by atoms with E-state index >= 15 is 0 Å². The number of carbonyl (C=O) groups is 3. The summed E-state index contributed by atoms with van der Waals surface area (Å²) in [6.45, 7) is 2.63. The van der Waals surface area contributed by atoms with E-state index in [2.05, 4.69) is 5.32 Å². The minimum absolute atomic E-state index is 0.134. The maximum absolute atomic E-state index is 11.8. The number of nitrogens with zero attached hydrogens (tertiary/aromatic N) is 2. The predicted octanol–water partition coefficient (Wildman–Crippen LogP) is -0.772. The van der Waals surface area contributed by atoms with Crippen molar-refractivity contribution in [3.05, 3.63) is 0 Å². The number of thioether (sulfide) groups is 1. The van der Waals surface area contributed by atoms with Crippen LogP contribution in [-0.4, -0.2) is 71.6 Å². The maximum Gasteiger partial charge on any atom is 0.325 e. The van der Waals surface area contributed by atoms with Crippen LogP contribution >= 0.6 is 11.8 Å². The van der Waals surface area contributed by atoms with Crippen LogP contribution in [0.15, 0.2) is 0 Å². The van der Waals surface area contributed by atoms with E-state index in [1.54, 1.807) is 19.5 Å². The van der Waals surface area contributed by atoms with Gasteiger partial charge in [0.2, 0.25) is 6.29 Å². The number of urea groups is 1. The van der Waals surface area contributed by atoms with E-state index in [1.165, 1.54) is 16.7 Å². The third-order valence-electron chi connectivity index (χ3n) is 2.71. The number of rotatable bonds is 5. The number of carbonyl (C=O) groups excluding carboxylic acids is 4. The number of hydrogen-bond donors (Lipinski definition) is 1. The molecule has 1 rings (SSSR count). The van der Waals surface area contributed by atoms with Gasteiger partial charge in [0.15, 0.2) is 0 Å². The van der Waals surface area contributed by atoms with E-state index in [-0.39, 0.29) is 6.54 Å². The van der Waals surface area contributed by atoms with Crippen molar-refractivity contribution in [1.29, 1.82) is 0 Å². The minimum atomic E-state index is -0.862. The van der Waals surface area contributed by atoms with Crippen molar-refractivity contribution in [2.45, 2.75) is 13.0 Å². The molecule has 0 spiro atoms. The number of likely N-dealkylation sites (N-methyl/N-ethyl adjacent to an activating group) is 1. The molecule has 8 heteroatoms. The molecule has 4 amide bonds. The van der Waals surface area contributed by atoms with Crippen molar-refractivity contribution in [1.82, 2.24) is 15.1 Å². The van der Waals surface area contributed by atoms with Crippen molar-refractivity contribution >= 4 is 35.9 Å². The van der Waals surface area contributed by atoms with Crippen molar-refractivity contribution in [2.24, 2.45) is 0 Å². The largest absolute Gasteiger partial charge is 0.333 e. The molecule has 7 nitrogen and oxygen atoms in total. The molecule has 1 fully saturated rings. The van der Waals surface area contributed by atoms with E-state index in [9.17, 15) is 19.2 Å². The zero-order valence-corrected chi connectivity index (χ0v) is 11.7. The minimum Gasteiger partial charge on any atom is -0.333 e. The summed E-state index contributed by atoms with van der Waals surface area (Å²) in [7, 11) is 0. The molecule has 0 bridgehead atoms. The average molecular weight is 286 g/mol. The highest BCUT2D eigenvalue weighted by atomic mass is 32.2. The van der Waals surface area contributed by atoms with E-state index in [1.807, 2.05) is 0 Å². The number of piperazine rings is 1. The fraction of sp³-hybridized carbons (Fsp3) is 0.636. The third kappa shape index (κ3) is 3.69. The lowest BCUT2D eigenvalue weighted by Crippen LogP contribution is -2.59. The Balaban J connectivity index is 2.65. The number of amides is 4. The summed E-state index contributed by atoms with van der Waals surface area (Å²) in [6.07, 6.45) is 3.47. The van der Waals surface area contributed by atoms with Crippen molar-refractivity contribution < 1.29 is 19.2 Å². The standard InChI is InChI=1S/C11H16N3O4S/c1-3-13-4-5-14(10(17)9(13)16)11(18)12-8(6-15)7-19-2/h8H,3-5,7H2,1-2H3,(H,12,18). The lowest BCUT2D eigenvalue weighted by molar-refractivity contribution is -0.153. The highest BCUT2D eigenvalue weighted by Gasteiger charge is 2.35. The predicted molar refractivity (Wildman–Crippen MR) is 70.4 cm³/mol. The van der Waals surface area contributed by atoms with Gasteiger partial charge >= 0.3 is 17.8 Å². The first kappa shape index (κ1) is 15.5. The monoisotopic (exact) mass is 286 g/mol. The van der Waals surface area contributed by atoms with Crippen LogP contribution in [-0.2, 0) is 14.4 Å². The van der Waals surface area contributed by atoms with Crippen LogP contribution in [0.3, 0.4) is 0 Å². The Labute approximate surface area is 115 Å². The van der Waals surface area contributed by atoms with Crippen LogP contribution in [0, 0.1) is 0 Å². The first-order valence-electron chi connectivity index (χ1n) is 5.83. The van der Waals surface area contributed by atoms with E-state index in [4.69, 9.17) is 0 Å². The molecule has 0 aromatic carbocycles. The molecular formula is C11H16N3O4S. The smallest absolute Gasteiger partial charge is 0.325 e. The quantitative estimate of drug-likeness (QED) is 0.671. The number of hydrogen-bond acceptors (Lipinski definition) is 5. The molecule has 105 valence electrons. The van der Waals surface area contributed by atoms with Gasteiger partial charge < -0.3 is 10.2 Å². The molecule has 0 aromatic rings. The highest BCUT2D eigenvalue weighted by Crippen LogP contribution is 2.06. The molecule has 1 saturated heterocycles. The second kappa shape index (κ2) is 7.13. The second-order valence-electron chi connectivity index (χ2n) is 3.92. The van der Waals surface area contributed by atoms with Gasteiger partial charge in [-0.25, -0.2) is 4.79 Å². The first-order valence-corrected chi connectivity index (χ1v) is 7.22. The van der Waals surface area contributed by atoms with Crippen LogP contribution < -0.4 is 5.32 Å². The molecule has 1 atom stereocenters. The molecule has 1 radical (unpaired) electrons. The maximum atomic E-state index is 11.8. The SMILES string of the molecule is CCN1CCN(C(=O)NC([C]=O)CSC)C(=O)C1=O. The lowest BCUT2D eigenvalue weighted by Gasteiger charge is -2.32. The zero-order chi connectivity index (χ0) is 14.4. The van der Waals surface area contributed by atoms with Gasteiger partial charge in [-0.15, -0.1) is 0 Å². The Kier molecular flexibility index (Phi) is 5.81. The van der Waals surface area contributed by atoms with Gasteiger partial charge in [0.05, 0.1) is 0 Å². The normalized spacial score (nSPS) is 17.4. The van der Waals surface area contributed by atoms with Crippen LogP contribution in [0.25, 0.3) is 0 Å². The Hall–Kier alpha value is -1.57. The number of nitrogens with one attached hydrogen (secondary N) is 1. The van der Waals surface area contributed by atoms with E-state index in [0.29, 0.717) is 18.8 Å². The molecule has 1 unspecified atom stereocenters. The van der Waals surface area contributed by atoms with Crippen LogP contribution in [0.4, 0.5) is 4.79 Å². The van der Waals surface area contributed by atoms with Gasteiger partial charge in [-0.3, -0.25) is 19.3 Å². The van der Waals surface area contributed by atoms with Crippen molar-refractivity contribution in [3.63, 3.8) is 0 Å². The Morgan fingerprint density at radius 1 is 1.42 bits per heavy atom. The van der Waals surface area contributed by atoms with Crippen molar-refractivity contribution in [2.75, 3.05) is 31.6 Å². The zero-order valence-electron chi connectivity index (χ0n) is 10.8. The van der Waals surface area contributed by atoms with Crippen LogP contribution in [0.2, 0.25) is 0 Å². The Morgan fingerprint density at radius 3 is 2.63 bits per heavy atom. The molecule has 1 heterocycles. The number of imide groups is 1. The van der Waals surface area contributed by atoms with E-state index in [0.717, 1.165) is 4.90 Å². The summed E-state index contributed by atoms with van der Waals surface area (Å²) in [5, 5.41) is 2.37. The fourth-order valence-electron chi connectivity index (χ4n) is 1.67. The molecule has 0 aliphatic carbocycles. The highest BCUT2D eigenvalue weighted by molar-refractivity contribution is 7.98. The molecule has 1 N–H and O–H groups in total. The van der Waals surface area contributed by atoms with Crippen molar-refractivity contribution in [3.8, 4) is 0 Å². The van der Waals surface area contributed by atoms with Crippen LogP contribution in [0.1, 0.15) is 6.92 Å². The molecule has 19 heavy (non-hydrogen) atoms. The first-order chi connectivity index (χ1) is 9.04. The summed E-state index contributed by atoms with van der Waals surface area (Å²) in [4.78, 5) is 48.0. The molecule has 0 aromatic heterocycles. The summed E-state index contributed by atoms with van der Waals surface area (Å²) < 4.78 is 0. The van der Waals surface area contributed by atoms with Gasteiger partial charge in [-0.1, -0.05) is 0 Å². The molecular weight excluding hydrogens is 270 g/mol.